The number of carbonyl (C=O) groups is 1. The molecule has 1 saturated heterocycles. The maximum Gasteiger partial charge on any atom is 0.257 e. The van der Waals surface area contributed by atoms with Gasteiger partial charge in [0.2, 0.25) is 0 Å². The maximum absolute atomic E-state index is 12.3. The largest absolute Gasteiger partial charge is 0.504 e. The lowest BCUT2D eigenvalue weighted by atomic mass is 10.00. The molecule has 0 radical (unpaired) electrons. The second kappa shape index (κ2) is 4.15. The number of aromatic hydroxyl groups is 1. The molecular weight excluding hydrogens is 242 g/mol. The van der Waals surface area contributed by atoms with E-state index in [4.69, 9.17) is 4.74 Å². The summed E-state index contributed by atoms with van der Waals surface area (Å²) in [5.41, 5.74) is 1.02. The Hall–Kier alpha value is -1.71. The van der Waals surface area contributed by atoms with Crippen LogP contribution in [-0.2, 0) is 6.42 Å². The quantitative estimate of drug-likeness (QED) is 0.844. The highest BCUT2D eigenvalue weighted by Gasteiger charge is 2.34. The predicted molar refractivity (Wildman–Crippen MR) is 71.7 cm³/mol. The molecule has 0 bridgehead atoms. The Morgan fingerprint density at radius 3 is 2.68 bits per heavy atom. The highest BCUT2D eigenvalue weighted by atomic mass is 16.5. The van der Waals surface area contributed by atoms with E-state index < -0.39 is 0 Å². The standard InChI is InChI=1S/C15H19NO3/c1-15(2)9-10-5-6-11(12(17)13(10)19-15)14(18)16-7-3-4-8-16/h5-6,17H,3-4,7-9H2,1-2H3. The first kappa shape index (κ1) is 12.3. The summed E-state index contributed by atoms with van der Waals surface area (Å²) in [7, 11) is 0. The summed E-state index contributed by atoms with van der Waals surface area (Å²) >= 11 is 0. The molecule has 2 aliphatic heterocycles. The maximum atomic E-state index is 12.3. The highest BCUT2D eigenvalue weighted by Crippen LogP contribution is 2.43. The number of benzene rings is 1. The average molecular weight is 261 g/mol. The van der Waals surface area contributed by atoms with Gasteiger partial charge in [-0.25, -0.2) is 0 Å². The van der Waals surface area contributed by atoms with Gasteiger partial charge in [-0.15, -0.1) is 0 Å². The predicted octanol–water partition coefficient (Wildman–Crippen LogP) is 2.34. The van der Waals surface area contributed by atoms with E-state index in [0.29, 0.717) is 11.3 Å². The van der Waals surface area contributed by atoms with Gasteiger partial charge in [0.15, 0.2) is 11.5 Å². The Kier molecular flexibility index (Phi) is 2.69. The molecule has 1 N–H and O–H groups in total. The molecule has 1 aromatic rings. The van der Waals surface area contributed by atoms with Gasteiger partial charge in [-0.3, -0.25) is 4.79 Å². The monoisotopic (exact) mass is 261 g/mol. The lowest BCUT2D eigenvalue weighted by molar-refractivity contribution is 0.0787. The van der Waals surface area contributed by atoms with E-state index in [1.54, 1.807) is 11.0 Å². The van der Waals surface area contributed by atoms with Gasteiger partial charge in [0, 0.05) is 25.1 Å². The van der Waals surface area contributed by atoms with Crippen molar-refractivity contribution in [1.82, 2.24) is 4.90 Å². The first-order chi connectivity index (χ1) is 8.98. The van der Waals surface area contributed by atoms with Gasteiger partial charge in [0.05, 0.1) is 5.56 Å². The van der Waals surface area contributed by atoms with E-state index in [9.17, 15) is 9.90 Å². The van der Waals surface area contributed by atoms with Crippen LogP contribution >= 0.6 is 0 Å². The van der Waals surface area contributed by atoms with Crippen molar-refractivity contribution in [2.45, 2.75) is 38.7 Å². The number of nitrogens with zero attached hydrogens (tertiary/aromatic N) is 1. The van der Waals surface area contributed by atoms with Gasteiger partial charge in [-0.2, -0.15) is 0 Å². The molecule has 4 heteroatoms. The van der Waals surface area contributed by atoms with E-state index >= 15 is 0 Å². The molecule has 1 amide bonds. The minimum Gasteiger partial charge on any atom is -0.504 e. The van der Waals surface area contributed by atoms with Crippen molar-refractivity contribution in [3.63, 3.8) is 0 Å². The Morgan fingerprint density at radius 2 is 2.00 bits per heavy atom. The summed E-state index contributed by atoms with van der Waals surface area (Å²) in [6, 6.07) is 3.62. The number of phenols is 1. The SMILES string of the molecule is CC1(C)Cc2ccc(C(=O)N3CCCC3)c(O)c2O1. The van der Waals surface area contributed by atoms with E-state index in [2.05, 4.69) is 0 Å². The molecule has 0 aliphatic carbocycles. The van der Waals surface area contributed by atoms with Gasteiger partial charge < -0.3 is 14.7 Å². The summed E-state index contributed by atoms with van der Waals surface area (Å²) in [6.45, 7) is 5.52. The van der Waals surface area contributed by atoms with Crippen LogP contribution in [0.1, 0.15) is 42.6 Å². The number of hydrogen-bond acceptors (Lipinski definition) is 3. The minimum absolute atomic E-state index is 0.0000231. The molecule has 0 atom stereocenters. The topological polar surface area (TPSA) is 49.8 Å². The molecular formula is C15H19NO3. The highest BCUT2D eigenvalue weighted by molar-refractivity contribution is 5.98. The van der Waals surface area contributed by atoms with Gasteiger partial charge in [0.1, 0.15) is 5.60 Å². The van der Waals surface area contributed by atoms with Crippen LogP contribution in [0.25, 0.3) is 0 Å². The second-order valence-corrected chi connectivity index (χ2v) is 5.99. The van der Waals surface area contributed by atoms with Crippen molar-refractivity contribution < 1.29 is 14.6 Å². The van der Waals surface area contributed by atoms with Crippen molar-refractivity contribution in [2.75, 3.05) is 13.1 Å². The number of ether oxygens (including phenoxy) is 1. The van der Waals surface area contributed by atoms with Gasteiger partial charge in [-0.1, -0.05) is 6.07 Å². The zero-order chi connectivity index (χ0) is 13.6. The molecule has 19 heavy (non-hydrogen) atoms. The summed E-state index contributed by atoms with van der Waals surface area (Å²) in [5.74, 6) is 0.390. The summed E-state index contributed by atoms with van der Waals surface area (Å²) in [6.07, 6.45) is 2.84. The van der Waals surface area contributed by atoms with Gasteiger partial charge in [0.25, 0.3) is 5.91 Å². The van der Waals surface area contributed by atoms with Gasteiger partial charge >= 0.3 is 0 Å². The molecule has 102 valence electrons. The molecule has 0 unspecified atom stereocenters. The molecule has 1 aromatic carbocycles. The van der Waals surface area contributed by atoms with Crippen molar-refractivity contribution in [1.29, 1.82) is 0 Å². The van der Waals surface area contributed by atoms with Crippen LogP contribution in [0.15, 0.2) is 12.1 Å². The summed E-state index contributed by atoms with van der Waals surface area (Å²) in [5, 5.41) is 10.3. The number of likely N-dealkylation sites (tertiary alicyclic amines) is 1. The molecule has 2 aliphatic rings. The van der Waals surface area contributed by atoms with Crippen molar-refractivity contribution >= 4 is 5.91 Å². The van der Waals surface area contributed by atoms with Crippen molar-refractivity contribution in [3.05, 3.63) is 23.3 Å². The lowest BCUT2D eigenvalue weighted by Crippen LogP contribution is -2.27. The van der Waals surface area contributed by atoms with E-state index in [0.717, 1.165) is 37.9 Å². The average Bonchev–Trinajstić information content (AvgIpc) is 2.95. The summed E-state index contributed by atoms with van der Waals surface area (Å²) in [4.78, 5) is 14.1. The van der Waals surface area contributed by atoms with Crippen LogP contribution in [0.4, 0.5) is 0 Å². The first-order valence-electron chi connectivity index (χ1n) is 6.81. The fraction of sp³-hybridized carbons (Fsp3) is 0.533. The Labute approximate surface area is 113 Å². The van der Waals surface area contributed by atoms with E-state index in [1.807, 2.05) is 19.9 Å². The molecule has 0 spiro atoms. The van der Waals surface area contributed by atoms with Crippen LogP contribution in [0, 0.1) is 0 Å². The number of amides is 1. The molecule has 0 saturated carbocycles. The van der Waals surface area contributed by atoms with Crippen molar-refractivity contribution in [3.8, 4) is 11.5 Å². The lowest BCUT2D eigenvalue weighted by Gasteiger charge is -2.19. The third-order valence-electron chi connectivity index (χ3n) is 3.83. The van der Waals surface area contributed by atoms with Crippen LogP contribution in [0.3, 0.4) is 0 Å². The summed E-state index contributed by atoms with van der Waals surface area (Å²) < 4.78 is 5.76. The van der Waals surface area contributed by atoms with Crippen LogP contribution < -0.4 is 4.74 Å². The zero-order valence-corrected chi connectivity index (χ0v) is 11.4. The fourth-order valence-electron chi connectivity index (χ4n) is 2.90. The molecule has 4 nitrogen and oxygen atoms in total. The Bertz CT molecular complexity index is 530. The fourth-order valence-corrected chi connectivity index (χ4v) is 2.90. The third-order valence-corrected chi connectivity index (χ3v) is 3.83. The number of phenolic OH excluding ortho intramolecular Hbond substituents is 1. The minimum atomic E-state index is -0.310. The normalized spacial score (nSPS) is 20.2. The Balaban J connectivity index is 1.95. The molecule has 3 rings (SSSR count). The Morgan fingerprint density at radius 1 is 1.32 bits per heavy atom. The molecule has 2 heterocycles. The smallest absolute Gasteiger partial charge is 0.257 e. The number of rotatable bonds is 1. The number of hydrogen-bond donors (Lipinski definition) is 1. The third kappa shape index (κ3) is 2.05. The van der Waals surface area contributed by atoms with Crippen LogP contribution in [-0.4, -0.2) is 34.6 Å². The van der Waals surface area contributed by atoms with Gasteiger partial charge in [-0.05, 0) is 32.8 Å². The first-order valence-corrected chi connectivity index (χ1v) is 6.81. The van der Waals surface area contributed by atoms with E-state index in [1.165, 1.54) is 0 Å². The van der Waals surface area contributed by atoms with Crippen LogP contribution in [0.5, 0.6) is 11.5 Å². The molecule has 0 aromatic heterocycles. The number of fused-ring (bicyclic) bond motifs is 1. The van der Waals surface area contributed by atoms with Crippen molar-refractivity contribution in [2.24, 2.45) is 0 Å². The number of carbonyl (C=O) groups excluding carboxylic acids is 1. The molecule has 1 fully saturated rings. The zero-order valence-electron chi connectivity index (χ0n) is 11.4. The second-order valence-electron chi connectivity index (χ2n) is 5.99. The van der Waals surface area contributed by atoms with Crippen LogP contribution in [0.2, 0.25) is 0 Å². The van der Waals surface area contributed by atoms with E-state index in [-0.39, 0.29) is 17.3 Å².